The van der Waals surface area contributed by atoms with E-state index in [0.717, 1.165) is 36.2 Å². The number of fused-ring (bicyclic) bond motifs is 2. The van der Waals surface area contributed by atoms with E-state index < -0.39 is 30.1 Å². The zero-order valence-corrected chi connectivity index (χ0v) is 16.4. The lowest BCUT2D eigenvalue weighted by atomic mass is 9.84. The Morgan fingerprint density at radius 1 is 1.20 bits per heavy atom. The van der Waals surface area contributed by atoms with Crippen LogP contribution in [0.2, 0.25) is 0 Å². The highest BCUT2D eigenvalue weighted by Crippen LogP contribution is 2.32. The Balaban J connectivity index is 1.56. The van der Waals surface area contributed by atoms with Crippen molar-refractivity contribution in [2.45, 2.75) is 26.2 Å². The Bertz CT molecular complexity index is 1150. The number of nitrogens with one attached hydrogen (secondary N) is 1. The van der Waals surface area contributed by atoms with E-state index in [1.165, 1.54) is 0 Å². The van der Waals surface area contributed by atoms with E-state index in [-0.39, 0.29) is 5.69 Å². The van der Waals surface area contributed by atoms with Gasteiger partial charge in [0.25, 0.3) is 5.91 Å². The molecule has 30 heavy (non-hydrogen) atoms. The molecule has 0 radical (unpaired) electrons. The molecule has 1 aliphatic rings. The number of rotatable bonds is 4. The van der Waals surface area contributed by atoms with Gasteiger partial charge in [0.1, 0.15) is 11.6 Å². The Hall–Kier alpha value is -3.35. The maximum Gasteiger partial charge on any atom is 0.339 e. The average molecular weight is 410 g/mol. The molecule has 2 aromatic carbocycles. The molecule has 1 N–H and O–H groups in total. The van der Waals surface area contributed by atoms with Gasteiger partial charge in [-0.15, -0.1) is 0 Å². The molecule has 0 bridgehead atoms. The van der Waals surface area contributed by atoms with Crippen LogP contribution in [0.25, 0.3) is 10.9 Å². The Morgan fingerprint density at radius 2 is 2.00 bits per heavy atom. The summed E-state index contributed by atoms with van der Waals surface area (Å²) in [5.74, 6) is -2.57. The van der Waals surface area contributed by atoms with Gasteiger partial charge in [0.2, 0.25) is 0 Å². The van der Waals surface area contributed by atoms with Gasteiger partial charge in [-0.25, -0.2) is 13.6 Å². The highest BCUT2D eigenvalue weighted by atomic mass is 19.1. The summed E-state index contributed by atoms with van der Waals surface area (Å²) in [4.78, 5) is 29.8. The maximum atomic E-state index is 13.7. The summed E-state index contributed by atoms with van der Waals surface area (Å²) in [6.45, 7) is 1.54. The minimum Gasteiger partial charge on any atom is -0.452 e. The third kappa shape index (κ3) is 4.01. The zero-order valence-electron chi connectivity index (χ0n) is 16.4. The van der Waals surface area contributed by atoms with E-state index in [2.05, 4.69) is 12.2 Å². The Labute approximate surface area is 172 Å². The standard InChI is InChI=1S/C23H20F2N2O3/c1-13-6-8-19-16(10-13)22(15-4-2-3-5-18(15)26-19)23(29)30-12-21(28)27-20-9-7-14(24)11-17(20)25/h2-5,7,9,11,13H,6,8,10,12H2,1H3,(H,27,28). The number of benzene rings is 2. The van der Waals surface area contributed by atoms with Crippen molar-refractivity contribution in [2.24, 2.45) is 5.92 Å². The molecule has 0 saturated heterocycles. The van der Waals surface area contributed by atoms with Crippen LogP contribution in [0.5, 0.6) is 0 Å². The summed E-state index contributed by atoms with van der Waals surface area (Å²) < 4.78 is 32.0. The molecule has 0 saturated carbocycles. The molecule has 0 fully saturated rings. The van der Waals surface area contributed by atoms with E-state index in [9.17, 15) is 18.4 Å². The Morgan fingerprint density at radius 3 is 2.80 bits per heavy atom. The number of halogens is 2. The smallest absolute Gasteiger partial charge is 0.339 e. The molecule has 1 amide bonds. The van der Waals surface area contributed by atoms with Crippen LogP contribution in [0.4, 0.5) is 14.5 Å². The van der Waals surface area contributed by atoms with Gasteiger partial charge in [0.15, 0.2) is 6.61 Å². The zero-order chi connectivity index (χ0) is 21.3. The van der Waals surface area contributed by atoms with Crippen molar-refractivity contribution in [2.75, 3.05) is 11.9 Å². The van der Waals surface area contributed by atoms with Crippen LogP contribution in [-0.2, 0) is 22.4 Å². The number of para-hydroxylation sites is 1. The molecule has 1 atom stereocenters. The topological polar surface area (TPSA) is 68.3 Å². The number of pyridine rings is 1. The summed E-state index contributed by atoms with van der Waals surface area (Å²) in [5, 5.41) is 2.96. The van der Waals surface area contributed by atoms with Gasteiger partial charge < -0.3 is 10.1 Å². The molecule has 3 aromatic rings. The van der Waals surface area contributed by atoms with Gasteiger partial charge in [0, 0.05) is 17.1 Å². The summed E-state index contributed by atoms with van der Waals surface area (Å²) >= 11 is 0. The minimum absolute atomic E-state index is 0.182. The SMILES string of the molecule is CC1CCc2nc3ccccc3c(C(=O)OCC(=O)Nc3ccc(F)cc3F)c2C1. The van der Waals surface area contributed by atoms with Crippen LogP contribution in [-0.4, -0.2) is 23.5 Å². The lowest BCUT2D eigenvalue weighted by Gasteiger charge is -2.24. The number of amides is 1. The monoisotopic (exact) mass is 410 g/mol. The highest BCUT2D eigenvalue weighted by molar-refractivity contribution is 6.06. The molecule has 1 heterocycles. The Kier molecular flexibility index (Phi) is 5.44. The first-order chi connectivity index (χ1) is 14.4. The van der Waals surface area contributed by atoms with Crippen LogP contribution >= 0.6 is 0 Å². The van der Waals surface area contributed by atoms with Crippen molar-refractivity contribution in [1.29, 1.82) is 0 Å². The van der Waals surface area contributed by atoms with E-state index in [0.29, 0.717) is 34.9 Å². The van der Waals surface area contributed by atoms with Crippen LogP contribution in [0, 0.1) is 17.6 Å². The molecule has 5 nitrogen and oxygen atoms in total. The van der Waals surface area contributed by atoms with E-state index >= 15 is 0 Å². The fourth-order valence-electron chi connectivity index (χ4n) is 3.78. The second-order valence-corrected chi connectivity index (χ2v) is 7.53. The summed E-state index contributed by atoms with van der Waals surface area (Å²) in [5.41, 5.74) is 2.70. The fraction of sp³-hybridized carbons (Fsp3) is 0.261. The highest BCUT2D eigenvalue weighted by Gasteiger charge is 2.26. The molecule has 0 aliphatic heterocycles. The molecule has 4 rings (SSSR count). The van der Waals surface area contributed by atoms with Crippen molar-refractivity contribution < 1.29 is 23.1 Å². The summed E-state index contributed by atoms with van der Waals surface area (Å²) in [7, 11) is 0. The van der Waals surface area contributed by atoms with Gasteiger partial charge >= 0.3 is 5.97 Å². The summed E-state index contributed by atoms with van der Waals surface area (Å²) in [6.07, 6.45) is 2.50. The molecular formula is C23H20F2N2O3. The van der Waals surface area contributed by atoms with Crippen LogP contribution in [0.1, 0.15) is 35.0 Å². The number of ether oxygens (including phenoxy) is 1. The molecule has 1 unspecified atom stereocenters. The number of nitrogens with zero attached hydrogens (tertiary/aromatic N) is 1. The molecule has 1 aromatic heterocycles. The average Bonchev–Trinajstić information content (AvgIpc) is 2.72. The van der Waals surface area contributed by atoms with Gasteiger partial charge in [-0.3, -0.25) is 9.78 Å². The maximum absolute atomic E-state index is 13.7. The van der Waals surface area contributed by atoms with E-state index in [1.807, 2.05) is 24.3 Å². The van der Waals surface area contributed by atoms with Crippen molar-refractivity contribution in [3.05, 3.63) is 70.9 Å². The van der Waals surface area contributed by atoms with Crippen LogP contribution < -0.4 is 5.32 Å². The van der Waals surface area contributed by atoms with Crippen molar-refractivity contribution >= 4 is 28.5 Å². The quantitative estimate of drug-likeness (QED) is 0.646. The number of hydrogen-bond donors (Lipinski definition) is 1. The van der Waals surface area contributed by atoms with E-state index in [4.69, 9.17) is 9.72 Å². The normalized spacial score (nSPS) is 15.5. The second-order valence-electron chi connectivity index (χ2n) is 7.53. The van der Waals surface area contributed by atoms with E-state index in [1.54, 1.807) is 0 Å². The first kappa shape index (κ1) is 19.9. The lowest BCUT2D eigenvalue weighted by Crippen LogP contribution is -2.24. The summed E-state index contributed by atoms with van der Waals surface area (Å²) in [6, 6.07) is 10.1. The molecular weight excluding hydrogens is 390 g/mol. The molecule has 154 valence electrons. The number of aromatic nitrogens is 1. The van der Waals surface area contributed by atoms with Gasteiger partial charge in [-0.2, -0.15) is 0 Å². The first-order valence-electron chi connectivity index (χ1n) is 9.75. The molecule has 1 aliphatic carbocycles. The number of carbonyl (C=O) groups is 2. The van der Waals surface area contributed by atoms with Gasteiger partial charge in [0.05, 0.1) is 16.8 Å². The first-order valence-corrected chi connectivity index (χ1v) is 9.75. The predicted octanol–water partition coefficient (Wildman–Crippen LogP) is 4.43. The van der Waals surface area contributed by atoms with Gasteiger partial charge in [-0.05, 0) is 48.9 Å². The number of anilines is 1. The van der Waals surface area contributed by atoms with Crippen molar-refractivity contribution in [1.82, 2.24) is 4.98 Å². The number of esters is 1. The van der Waals surface area contributed by atoms with Crippen LogP contribution in [0.3, 0.4) is 0 Å². The van der Waals surface area contributed by atoms with Gasteiger partial charge in [-0.1, -0.05) is 25.1 Å². The molecule has 0 spiro atoms. The minimum atomic E-state index is -0.905. The number of hydrogen-bond acceptors (Lipinski definition) is 4. The fourth-order valence-corrected chi connectivity index (χ4v) is 3.78. The lowest BCUT2D eigenvalue weighted by molar-refractivity contribution is -0.119. The predicted molar refractivity (Wildman–Crippen MR) is 108 cm³/mol. The third-order valence-electron chi connectivity index (χ3n) is 5.25. The number of aryl methyl sites for hydroxylation is 1. The second kappa shape index (κ2) is 8.18. The van der Waals surface area contributed by atoms with Crippen molar-refractivity contribution in [3.63, 3.8) is 0 Å². The molecule has 7 heteroatoms. The third-order valence-corrected chi connectivity index (χ3v) is 5.25. The largest absolute Gasteiger partial charge is 0.452 e. The van der Waals surface area contributed by atoms with Crippen LogP contribution in [0.15, 0.2) is 42.5 Å². The van der Waals surface area contributed by atoms with Crippen molar-refractivity contribution in [3.8, 4) is 0 Å². The number of carbonyl (C=O) groups excluding carboxylic acids is 2.